The molecule has 1 unspecified atom stereocenters. The fraction of sp³-hybridized carbons (Fsp3) is 0.632. The number of rotatable bonds is 12. The van der Waals surface area contributed by atoms with Gasteiger partial charge in [0.15, 0.2) is 0 Å². The lowest BCUT2D eigenvalue weighted by molar-refractivity contribution is 0.0872. The first-order chi connectivity index (χ1) is 11.0. The van der Waals surface area contributed by atoms with Crippen molar-refractivity contribution in [2.75, 3.05) is 20.1 Å². The van der Waals surface area contributed by atoms with Crippen LogP contribution in [-0.2, 0) is 4.84 Å². The summed E-state index contributed by atoms with van der Waals surface area (Å²) in [6, 6.07) is 0. The number of nitrogens with zero attached hydrogens (tertiary/aromatic N) is 1. The molecule has 0 amide bonds. The van der Waals surface area contributed by atoms with E-state index in [2.05, 4.69) is 44.9 Å². The molecule has 0 aliphatic rings. The molecule has 1 atom stereocenters. The zero-order valence-corrected chi connectivity index (χ0v) is 15.5. The van der Waals surface area contributed by atoms with E-state index in [0.29, 0.717) is 5.92 Å². The predicted molar refractivity (Wildman–Crippen MR) is 101 cm³/mol. The molecule has 4 heteroatoms. The van der Waals surface area contributed by atoms with E-state index in [4.69, 9.17) is 16.1 Å². The molecule has 23 heavy (non-hydrogen) atoms. The van der Waals surface area contributed by atoms with Crippen molar-refractivity contribution >= 4 is 6.21 Å². The highest BCUT2D eigenvalue weighted by molar-refractivity contribution is 5.67. The van der Waals surface area contributed by atoms with E-state index in [1.165, 1.54) is 17.4 Å². The fourth-order valence-electron chi connectivity index (χ4n) is 2.58. The molecule has 0 aliphatic carbocycles. The van der Waals surface area contributed by atoms with E-state index in [0.717, 1.165) is 32.4 Å². The minimum Gasteiger partial charge on any atom is -0.309 e. The second-order valence-electron chi connectivity index (χ2n) is 6.13. The standard InChI is InChI=1S/C19H35N3O/c1-6-10-17(15-18(23-21)11-8-13-20)19(16(3)4)12-9-14-22(5)7-2/h6,8,10-11,13,16,18,20H,7,9,12,14-15,21H2,1-5H3/b10-6-,11-8-,19-17+,20-13?. The van der Waals surface area contributed by atoms with Gasteiger partial charge in [-0.3, -0.25) is 4.84 Å². The maximum absolute atomic E-state index is 7.10. The molecule has 0 heterocycles. The van der Waals surface area contributed by atoms with Crippen molar-refractivity contribution in [3.05, 3.63) is 35.5 Å². The maximum atomic E-state index is 7.10. The molecule has 0 radical (unpaired) electrons. The van der Waals surface area contributed by atoms with Gasteiger partial charge in [-0.15, -0.1) is 0 Å². The van der Waals surface area contributed by atoms with Crippen LogP contribution in [0.15, 0.2) is 35.5 Å². The van der Waals surface area contributed by atoms with Crippen molar-refractivity contribution in [3.8, 4) is 0 Å². The third kappa shape index (κ3) is 9.49. The summed E-state index contributed by atoms with van der Waals surface area (Å²) in [5.41, 5.74) is 2.77. The first-order valence-corrected chi connectivity index (χ1v) is 8.55. The molecule has 132 valence electrons. The van der Waals surface area contributed by atoms with Crippen LogP contribution in [-0.4, -0.2) is 37.4 Å². The summed E-state index contributed by atoms with van der Waals surface area (Å²) < 4.78 is 0. The molecule has 0 aromatic heterocycles. The van der Waals surface area contributed by atoms with Crippen molar-refractivity contribution < 1.29 is 4.84 Å². The highest BCUT2D eigenvalue weighted by Gasteiger charge is 2.13. The van der Waals surface area contributed by atoms with Crippen molar-refractivity contribution in [2.45, 2.75) is 53.1 Å². The number of nitrogens with one attached hydrogen (secondary N) is 1. The summed E-state index contributed by atoms with van der Waals surface area (Å²) in [5, 5.41) is 7.10. The van der Waals surface area contributed by atoms with Crippen molar-refractivity contribution in [2.24, 2.45) is 11.8 Å². The second-order valence-corrected chi connectivity index (χ2v) is 6.13. The molecule has 4 nitrogen and oxygen atoms in total. The molecule has 0 bridgehead atoms. The molecule has 0 aliphatic heterocycles. The number of nitrogens with two attached hydrogens (primary N) is 1. The zero-order valence-electron chi connectivity index (χ0n) is 15.5. The van der Waals surface area contributed by atoms with Crippen LogP contribution in [0.2, 0.25) is 0 Å². The minimum absolute atomic E-state index is 0.199. The maximum Gasteiger partial charge on any atom is 0.101 e. The monoisotopic (exact) mass is 321 g/mol. The predicted octanol–water partition coefficient (Wildman–Crippen LogP) is 4.10. The van der Waals surface area contributed by atoms with Crippen molar-refractivity contribution in [1.82, 2.24) is 4.90 Å². The van der Waals surface area contributed by atoms with Gasteiger partial charge >= 0.3 is 0 Å². The molecule has 0 saturated heterocycles. The molecule has 3 N–H and O–H groups in total. The van der Waals surface area contributed by atoms with Gasteiger partial charge in [0.05, 0.1) is 0 Å². The Balaban J connectivity index is 5.17. The molecule has 0 aromatic carbocycles. The Labute approximate surface area is 142 Å². The molecule has 0 spiro atoms. The van der Waals surface area contributed by atoms with E-state index >= 15 is 0 Å². The molecule has 0 saturated carbocycles. The summed E-state index contributed by atoms with van der Waals surface area (Å²) >= 11 is 0. The average Bonchev–Trinajstić information content (AvgIpc) is 2.54. The topological polar surface area (TPSA) is 62.3 Å². The molecule has 0 aromatic rings. The molecule has 0 rings (SSSR count). The van der Waals surface area contributed by atoms with E-state index in [1.54, 1.807) is 6.08 Å². The molecular formula is C19H35N3O. The Hall–Kier alpha value is -1.23. The van der Waals surface area contributed by atoms with Gasteiger partial charge < -0.3 is 10.3 Å². The van der Waals surface area contributed by atoms with Gasteiger partial charge in [0.25, 0.3) is 0 Å². The van der Waals surface area contributed by atoms with Crippen LogP contribution in [0.25, 0.3) is 0 Å². The Morgan fingerprint density at radius 3 is 2.52 bits per heavy atom. The number of hydrogen-bond donors (Lipinski definition) is 2. The van der Waals surface area contributed by atoms with E-state index < -0.39 is 0 Å². The van der Waals surface area contributed by atoms with E-state index in [-0.39, 0.29) is 6.10 Å². The normalized spacial score (nSPS) is 15.0. The molecular weight excluding hydrogens is 286 g/mol. The Morgan fingerprint density at radius 1 is 1.35 bits per heavy atom. The van der Waals surface area contributed by atoms with Crippen LogP contribution in [0.3, 0.4) is 0 Å². The number of allylic oxidation sites excluding steroid dienone is 4. The lowest BCUT2D eigenvalue weighted by Crippen LogP contribution is -2.19. The van der Waals surface area contributed by atoms with Crippen molar-refractivity contribution in [1.29, 1.82) is 5.41 Å². The quantitative estimate of drug-likeness (QED) is 0.323. The van der Waals surface area contributed by atoms with E-state index in [1.807, 2.05) is 13.0 Å². The third-order valence-corrected chi connectivity index (χ3v) is 4.02. The van der Waals surface area contributed by atoms with Gasteiger partial charge in [0.1, 0.15) is 6.10 Å². The third-order valence-electron chi connectivity index (χ3n) is 4.02. The summed E-state index contributed by atoms with van der Waals surface area (Å²) in [7, 11) is 2.16. The van der Waals surface area contributed by atoms with Gasteiger partial charge in [-0.25, -0.2) is 5.90 Å². The van der Waals surface area contributed by atoms with Gasteiger partial charge in [-0.1, -0.05) is 44.6 Å². The smallest absolute Gasteiger partial charge is 0.101 e. The van der Waals surface area contributed by atoms with Crippen LogP contribution in [0.4, 0.5) is 0 Å². The van der Waals surface area contributed by atoms with Crippen LogP contribution < -0.4 is 5.90 Å². The second kappa shape index (κ2) is 13.2. The minimum atomic E-state index is -0.199. The van der Waals surface area contributed by atoms with E-state index in [9.17, 15) is 0 Å². The van der Waals surface area contributed by atoms with Crippen LogP contribution in [0.5, 0.6) is 0 Å². The lowest BCUT2D eigenvalue weighted by Gasteiger charge is -2.21. The summed E-state index contributed by atoms with van der Waals surface area (Å²) in [4.78, 5) is 7.39. The SMILES string of the molecule is C/C=C\C(CC(/C=C\C=N)ON)=C(\CCCN(C)CC)C(C)C. The van der Waals surface area contributed by atoms with Crippen LogP contribution >= 0.6 is 0 Å². The Bertz CT molecular complexity index is 411. The van der Waals surface area contributed by atoms with Crippen LogP contribution in [0.1, 0.15) is 47.0 Å². The summed E-state index contributed by atoms with van der Waals surface area (Å²) in [6.07, 6.45) is 11.8. The zero-order chi connectivity index (χ0) is 17.7. The first-order valence-electron chi connectivity index (χ1n) is 8.55. The fourth-order valence-corrected chi connectivity index (χ4v) is 2.58. The van der Waals surface area contributed by atoms with Gasteiger partial charge in [0, 0.05) is 12.6 Å². The van der Waals surface area contributed by atoms with Crippen molar-refractivity contribution in [3.63, 3.8) is 0 Å². The van der Waals surface area contributed by atoms with Gasteiger partial charge in [-0.2, -0.15) is 0 Å². The van der Waals surface area contributed by atoms with Gasteiger partial charge in [0.2, 0.25) is 0 Å². The Morgan fingerprint density at radius 2 is 2.04 bits per heavy atom. The summed E-state index contributed by atoms with van der Waals surface area (Å²) in [6.45, 7) is 10.9. The van der Waals surface area contributed by atoms with Crippen LogP contribution in [0, 0.1) is 11.3 Å². The highest BCUT2D eigenvalue weighted by atomic mass is 16.6. The lowest BCUT2D eigenvalue weighted by atomic mass is 9.89. The summed E-state index contributed by atoms with van der Waals surface area (Å²) in [5.74, 6) is 5.91. The molecule has 0 fully saturated rings. The Kier molecular flexibility index (Phi) is 12.5. The largest absolute Gasteiger partial charge is 0.309 e. The average molecular weight is 322 g/mol. The highest BCUT2D eigenvalue weighted by Crippen LogP contribution is 2.25. The number of hydrogen-bond acceptors (Lipinski definition) is 4. The first kappa shape index (κ1) is 21.8. The van der Waals surface area contributed by atoms with Gasteiger partial charge in [-0.05, 0) is 57.5 Å².